The van der Waals surface area contributed by atoms with Crippen molar-refractivity contribution in [2.45, 2.75) is 32.9 Å². The third kappa shape index (κ3) is 3.53. The van der Waals surface area contributed by atoms with E-state index in [1.54, 1.807) is 0 Å². The number of nitrogens with zero attached hydrogens (tertiary/aromatic N) is 2. The monoisotopic (exact) mass is 263 g/mol. The van der Waals surface area contributed by atoms with Crippen molar-refractivity contribution in [2.24, 2.45) is 0 Å². The molecule has 1 N–H and O–H groups in total. The molecule has 2 heterocycles. The van der Waals surface area contributed by atoms with Crippen molar-refractivity contribution in [1.82, 2.24) is 15.2 Å². The SMILES string of the molecule is CCNC(c1cnccc1C)C1CN(CC)CCO1. The van der Waals surface area contributed by atoms with E-state index in [4.69, 9.17) is 4.74 Å². The summed E-state index contributed by atoms with van der Waals surface area (Å²) in [4.78, 5) is 6.72. The van der Waals surface area contributed by atoms with Gasteiger partial charge in [-0.3, -0.25) is 9.88 Å². The van der Waals surface area contributed by atoms with E-state index in [1.165, 1.54) is 11.1 Å². The number of pyridine rings is 1. The van der Waals surface area contributed by atoms with Crippen molar-refractivity contribution in [3.05, 3.63) is 29.6 Å². The Kier molecular flexibility index (Phi) is 5.31. The maximum atomic E-state index is 6.00. The van der Waals surface area contributed by atoms with Gasteiger partial charge < -0.3 is 10.1 Å². The molecule has 0 spiro atoms. The molecule has 1 fully saturated rings. The number of nitrogens with one attached hydrogen (secondary N) is 1. The normalized spacial score (nSPS) is 22.4. The molecule has 19 heavy (non-hydrogen) atoms. The first kappa shape index (κ1) is 14.4. The largest absolute Gasteiger partial charge is 0.374 e. The van der Waals surface area contributed by atoms with Crippen molar-refractivity contribution in [2.75, 3.05) is 32.8 Å². The zero-order chi connectivity index (χ0) is 13.7. The number of hydrogen-bond donors (Lipinski definition) is 1. The lowest BCUT2D eigenvalue weighted by molar-refractivity contribution is -0.0455. The predicted molar refractivity (Wildman–Crippen MR) is 77.2 cm³/mol. The molecule has 0 bridgehead atoms. The van der Waals surface area contributed by atoms with E-state index in [1.807, 2.05) is 12.4 Å². The van der Waals surface area contributed by atoms with Crippen LogP contribution in [0.1, 0.15) is 31.0 Å². The van der Waals surface area contributed by atoms with E-state index in [9.17, 15) is 0 Å². The Morgan fingerprint density at radius 1 is 1.53 bits per heavy atom. The molecule has 4 heteroatoms. The smallest absolute Gasteiger partial charge is 0.0897 e. The van der Waals surface area contributed by atoms with Gasteiger partial charge in [0.05, 0.1) is 18.8 Å². The molecule has 1 aromatic rings. The van der Waals surface area contributed by atoms with Crippen molar-refractivity contribution < 1.29 is 4.74 Å². The average Bonchev–Trinajstić information content (AvgIpc) is 2.46. The fourth-order valence-corrected chi connectivity index (χ4v) is 2.68. The molecule has 1 saturated heterocycles. The zero-order valence-electron chi connectivity index (χ0n) is 12.2. The Morgan fingerprint density at radius 2 is 2.37 bits per heavy atom. The van der Waals surface area contributed by atoms with Crippen LogP contribution >= 0.6 is 0 Å². The second kappa shape index (κ2) is 6.98. The quantitative estimate of drug-likeness (QED) is 0.878. The van der Waals surface area contributed by atoms with Crippen LogP contribution in [0.2, 0.25) is 0 Å². The Bertz CT molecular complexity index is 397. The molecule has 0 aliphatic carbocycles. The van der Waals surface area contributed by atoms with Gasteiger partial charge in [-0.25, -0.2) is 0 Å². The molecular formula is C15H25N3O. The van der Waals surface area contributed by atoms with E-state index < -0.39 is 0 Å². The lowest BCUT2D eigenvalue weighted by atomic mass is 9.97. The molecule has 0 amide bonds. The maximum absolute atomic E-state index is 6.00. The molecule has 106 valence electrons. The number of aryl methyl sites for hydroxylation is 1. The summed E-state index contributed by atoms with van der Waals surface area (Å²) in [7, 11) is 0. The molecule has 0 radical (unpaired) electrons. The lowest BCUT2D eigenvalue weighted by Gasteiger charge is -2.37. The molecule has 0 saturated carbocycles. The van der Waals surface area contributed by atoms with Gasteiger partial charge in [-0.05, 0) is 37.2 Å². The van der Waals surface area contributed by atoms with E-state index in [0.717, 1.165) is 32.8 Å². The van der Waals surface area contributed by atoms with Gasteiger partial charge in [0.2, 0.25) is 0 Å². The molecule has 0 aromatic carbocycles. The molecule has 1 aromatic heterocycles. The van der Waals surface area contributed by atoms with Gasteiger partial charge in [-0.1, -0.05) is 13.8 Å². The van der Waals surface area contributed by atoms with Crippen molar-refractivity contribution in [1.29, 1.82) is 0 Å². The summed E-state index contributed by atoms with van der Waals surface area (Å²) < 4.78 is 6.00. The molecule has 1 aliphatic heterocycles. The number of morpholine rings is 1. The minimum atomic E-state index is 0.205. The maximum Gasteiger partial charge on any atom is 0.0897 e. The van der Waals surface area contributed by atoms with E-state index in [0.29, 0.717) is 0 Å². The van der Waals surface area contributed by atoms with Crippen LogP contribution in [0.15, 0.2) is 18.5 Å². The average molecular weight is 263 g/mol. The van der Waals surface area contributed by atoms with Crippen LogP contribution in [0.25, 0.3) is 0 Å². The first-order chi connectivity index (χ1) is 9.26. The second-order valence-corrected chi connectivity index (χ2v) is 5.07. The summed E-state index contributed by atoms with van der Waals surface area (Å²) >= 11 is 0. The Morgan fingerprint density at radius 3 is 3.05 bits per heavy atom. The van der Waals surface area contributed by atoms with Gasteiger partial charge in [0.1, 0.15) is 0 Å². The van der Waals surface area contributed by atoms with Crippen LogP contribution in [-0.2, 0) is 4.74 Å². The predicted octanol–water partition coefficient (Wildman–Crippen LogP) is 1.76. The first-order valence-corrected chi connectivity index (χ1v) is 7.24. The third-order valence-corrected chi connectivity index (χ3v) is 3.84. The third-order valence-electron chi connectivity index (χ3n) is 3.84. The molecule has 4 nitrogen and oxygen atoms in total. The summed E-state index contributed by atoms with van der Waals surface area (Å²) in [5.74, 6) is 0. The van der Waals surface area contributed by atoms with Gasteiger partial charge in [-0.2, -0.15) is 0 Å². The fourth-order valence-electron chi connectivity index (χ4n) is 2.68. The van der Waals surface area contributed by atoms with Gasteiger partial charge in [-0.15, -0.1) is 0 Å². The highest BCUT2D eigenvalue weighted by atomic mass is 16.5. The standard InChI is InChI=1S/C15H25N3O/c1-4-17-15(13-10-16-7-6-12(13)3)14-11-18(5-2)8-9-19-14/h6-7,10,14-15,17H,4-5,8-9,11H2,1-3H3. The van der Waals surface area contributed by atoms with Crippen LogP contribution < -0.4 is 5.32 Å². The highest BCUT2D eigenvalue weighted by Gasteiger charge is 2.29. The summed E-state index contributed by atoms with van der Waals surface area (Å²) in [6, 6.07) is 2.30. The number of aromatic nitrogens is 1. The second-order valence-electron chi connectivity index (χ2n) is 5.07. The molecule has 1 aliphatic rings. The number of likely N-dealkylation sites (N-methyl/N-ethyl adjacent to an activating group) is 2. The molecule has 2 unspecified atom stereocenters. The fraction of sp³-hybridized carbons (Fsp3) is 0.667. The molecule has 2 atom stereocenters. The first-order valence-electron chi connectivity index (χ1n) is 7.24. The van der Waals surface area contributed by atoms with Crippen LogP contribution in [0.5, 0.6) is 0 Å². The number of ether oxygens (including phenoxy) is 1. The summed E-state index contributed by atoms with van der Waals surface area (Å²) in [5, 5.41) is 3.56. The van der Waals surface area contributed by atoms with Crippen LogP contribution in [0, 0.1) is 6.92 Å². The Balaban J connectivity index is 2.17. The highest BCUT2D eigenvalue weighted by Crippen LogP contribution is 2.24. The van der Waals surface area contributed by atoms with Gasteiger partial charge in [0.15, 0.2) is 0 Å². The highest BCUT2D eigenvalue weighted by molar-refractivity contribution is 5.26. The van der Waals surface area contributed by atoms with Gasteiger partial charge >= 0.3 is 0 Å². The van der Waals surface area contributed by atoms with E-state index >= 15 is 0 Å². The molecule has 2 rings (SSSR count). The van der Waals surface area contributed by atoms with Crippen molar-refractivity contribution in [3.8, 4) is 0 Å². The molecular weight excluding hydrogens is 238 g/mol. The Labute approximate surface area is 116 Å². The minimum Gasteiger partial charge on any atom is -0.374 e. The topological polar surface area (TPSA) is 37.4 Å². The van der Waals surface area contributed by atoms with Crippen molar-refractivity contribution >= 4 is 0 Å². The Hall–Kier alpha value is -0.970. The van der Waals surface area contributed by atoms with Crippen molar-refractivity contribution in [3.63, 3.8) is 0 Å². The number of hydrogen-bond acceptors (Lipinski definition) is 4. The lowest BCUT2D eigenvalue weighted by Crippen LogP contribution is -2.48. The van der Waals surface area contributed by atoms with E-state index in [-0.39, 0.29) is 12.1 Å². The number of rotatable bonds is 5. The van der Waals surface area contributed by atoms with Crippen LogP contribution in [0.4, 0.5) is 0 Å². The van der Waals surface area contributed by atoms with Crippen LogP contribution in [0.3, 0.4) is 0 Å². The van der Waals surface area contributed by atoms with Gasteiger partial charge in [0.25, 0.3) is 0 Å². The van der Waals surface area contributed by atoms with E-state index in [2.05, 4.69) is 42.0 Å². The minimum absolute atomic E-state index is 0.205. The van der Waals surface area contributed by atoms with Gasteiger partial charge in [0, 0.05) is 25.5 Å². The summed E-state index contributed by atoms with van der Waals surface area (Å²) in [5.41, 5.74) is 2.53. The van der Waals surface area contributed by atoms with Crippen LogP contribution in [-0.4, -0.2) is 48.8 Å². The summed E-state index contributed by atoms with van der Waals surface area (Å²) in [6.45, 7) is 11.4. The summed E-state index contributed by atoms with van der Waals surface area (Å²) in [6.07, 6.45) is 4.02. The zero-order valence-corrected chi connectivity index (χ0v) is 12.2.